The van der Waals surface area contributed by atoms with Crippen LogP contribution in [-0.2, 0) is 12.7 Å². The first-order valence-corrected chi connectivity index (χ1v) is 10.4. The van der Waals surface area contributed by atoms with Gasteiger partial charge in [-0.25, -0.2) is 9.36 Å². The third kappa shape index (κ3) is 4.50. The van der Waals surface area contributed by atoms with Gasteiger partial charge in [-0.15, -0.1) is 0 Å². The Hall–Kier alpha value is -4.48. The maximum Gasteiger partial charge on any atom is 0.416 e. The van der Waals surface area contributed by atoms with Gasteiger partial charge in [0.2, 0.25) is 0 Å². The maximum absolute atomic E-state index is 13.0. The zero-order valence-corrected chi connectivity index (χ0v) is 18.6. The van der Waals surface area contributed by atoms with E-state index in [0.717, 1.165) is 16.8 Å². The minimum Gasteiger partial charge on any atom is -0.267 e. The summed E-state index contributed by atoms with van der Waals surface area (Å²) in [5.41, 5.74) is 3.69. The maximum atomic E-state index is 13.0. The van der Waals surface area contributed by atoms with Crippen LogP contribution < -0.4 is 16.4 Å². The van der Waals surface area contributed by atoms with Crippen LogP contribution in [0.15, 0.2) is 59.5 Å². The number of alkyl halides is 3. The fourth-order valence-electron chi connectivity index (χ4n) is 3.56. The minimum absolute atomic E-state index is 0.0408. The van der Waals surface area contributed by atoms with Gasteiger partial charge in [-0.2, -0.15) is 23.4 Å². The number of hydrogen-bond donors (Lipinski definition) is 2. The van der Waals surface area contributed by atoms with Gasteiger partial charge in [0.1, 0.15) is 0 Å². The molecule has 2 aromatic carbocycles. The molecular formula is C23H19F3N6O3. The van der Waals surface area contributed by atoms with E-state index in [0.29, 0.717) is 10.8 Å². The molecule has 0 unspecified atom stereocenters. The Bertz CT molecular complexity index is 1510. The summed E-state index contributed by atoms with van der Waals surface area (Å²) >= 11 is 0. The van der Waals surface area contributed by atoms with Crippen molar-refractivity contribution in [2.24, 2.45) is 0 Å². The number of nitrogens with one attached hydrogen (secondary N) is 2. The molecule has 180 valence electrons. The molecule has 0 radical (unpaired) electrons. The molecule has 0 saturated carbocycles. The van der Waals surface area contributed by atoms with Crippen molar-refractivity contribution < 1.29 is 22.8 Å². The van der Waals surface area contributed by atoms with Crippen molar-refractivity contribution >= 4 is 22.6 Å². The average Bonchev–Trinajstić information content (AvgIpc) is 3.23. The fraction of sp³-hybridized carbons (Fsp3) is 0.174. The van der Waals surface area contributed by atoms with Crippen LogP contribution in [0.3, 0.4) is 0 Å². The molecule has 12 heteroatoms. The van der Waals surface area contributed by atoms with E-state index in [1.807, 2.05) is 0 Å². The van der Waals surface area contributed by atoms with Crippen LogP contribution in [0.5, 0.6) is 0 Å². The van der Waals surface area contributed by atoms with E-state index < -0.39 is 23.6 Å². The van der Waals surface area contributed by atoms with Gasteiger partial charge in [-0.05, 0) is 38.1 Å². The first-order valence-electron chi connectivity index (χ1n) is 10.4. The molecule has 4 rings (SSSR count). The average molecular weight is 484 g/mol. The molecule has 0 aliphatic carbocycles. The summed E-state index contributed by atoms with van der Waals surface area (Å²) in [5.74, 6) is -1.48. The fourth-order valence-corrected chi connectivity index (χ4v) is 3.56. The molecule has 0 atom stereocenters. The molecule has 0 aliphatic rings. The van der Waals surface area contributed by atoms with Gasteiger partial charge in [-0.3, -0.25) is 25.2 Å². The van der Waals surface area contributed by atoms with Gasteiger partial charge in [0, 0.05) is 11.9 Å². The zero-order chi connectivity index (χ0) is 25.3. The number of halogens is 3. The molecule has 2 amide bonds. The van der Waals surface area contributed by atoms with E-state index in [9.17, 15) is 27.6 Å². The van der Waals surface area contributed by atoms with Crippen LogP contribution in [0, 0.1) is 6.92 Å². The molecule has 2 aromatic heterocycles. The molecular weight excluding hydrogens is 465 g/mol. The SMILES string of the molecule is CCn1nc(C(=O)NNC(=O)c2cnn(-c3cccc(C(F)(F)F)c3)c2C)c2ccccc2c1=O. The van der Waals surface area contributed by atoms with Gasteiger partial charge in [0.05, 0.1) is 34.1 Å². The number of carbonyl (C=O) groups is 2. The Kier molecular flexibility index (Phi) is 6.12. The second kappa shape index (κ2) is 9.05. The molecule has 0 aliphatic heterocycles. The number of aromatic nitrogens is 4. The molecule has 2 N–H and O–H groups in total. The number of fused-ring (bicyclic) bond motifs is 1. The Labute approximate surface area is 196 Å². The lowest BCUT2D eigenvalue weighted by molar-refractivity contribution is -0.137. The molecule has 4 aromatic rings. The third-order valence-electron chi connectivity index (χ3n) is 5.34. The zero-order valence-electron chi connectivity index (χ0n) is 18.6. The van der Waals surface area contributed by atoms with Crippen LogP contribution in [0.2, 0.25) is 0 Å². The normalized spacial score (nSPS) is 11.5. The molecule has 35 heavy (non-hydrogen) atoms. The highest BCUT2D eigenvalue weighted by Gasteiger charge is 2.31. The van der Waals surface area contributed by atoms with Crippen LogP contribution in [-0.4, -0.2) is 31.4 Å². The lowest BCUT2D eigenvalue weighted by Gasteiger charge is -2.11. The number of aryl methyl sites for hydroxylation is 1. The smallest absolute Gasteiger partial charge is 0.267 e. The van der Waals surface area contributed by atoms with E-state index in [1.54, 1.807) is 31.2 Å². The first-order chi connectivity index (χ1) is 16.6. The molecule has 2 heterocycles. The van der Waals surface area contributed by atoms with E-state index in [2.05, 4.69) is 21.0 Å². The summed E-state index contributed by atoms with van der Waals surface area (Å²) in [6, 6.07) is 11.0. The first kappa shape index (κ1) is 23.7. The largest absolute Gasteiger partial charge is 0.416 e. The summed E-state index contributed by atoms with van der Waals surface area (Å²) < 4.78 is 41.5. The number of carbonyl (C=O) groups excluding carboxylic acids is 2. The van der Waals surface area contributed by atoms with Crippen molar-refractivity contribution in [3.63, 3.8) is 0 Å². The number of benzene rings is 2. The van der Waals surface area contributed by atoms with Crippen LogP contribution in [0.1, 0.15) is 39.0 Å². The van der Waals surface area contributed by atoms with E-state index in [-0.39, 0.29) is 34.7 Å². The van der Waals surface area contributed by atoms with Crippen molar-refractivity contribution in [3.05, 3.63) is 87.6 Å². The Morgan fingerprint density at radius 3 is 2.37 bits per heavy atom. The van der Waals surface area contributed by atoms with Crippen LogP contribution in [0.25, 0.3) is 16.5 Å². The van der Waals surface area contributed by atoms with Crippen molar-refractivity contribution in [1.29, 1.82) is 0 Å². The van der Waals surface area contributed by atoms with Gasteiger partial charge < -0.3 is 0 Å². The summed E-state index contributed by atoms with van der Waals surface area (Å²) in [6.45, 7) is 3.46. The van der Waals surface area contributed by atoms with Gasteiger partial charge in [0.15, 0.2) is 5.69 Å². The molecule has 9 nitrogen and oxygen atoms in total. The summed E-state index contributed by atoms with van der Waals surface area (Å²) in [5, 5.41) is 8.73. The monoisotopic (exact) mass is 484 g/mol. The minimum atomic E-state index is -4.53. The lowest BCUT2D eigenvalue weighted by atomic mass is 10.1. The number of rotatable bonds is 4. The Morgan fingerprint density at radius 2 is 1.69 bits per heavy atom. The molecule has 0 saturated heterocycles. The van der Waals surface area contributed by atoms with E-state index >= 15 is 0 Å². The van der Waals surface area contributed by atoms with Gasteiger partial charge in [-0.1, -0.05) is 24.3 Å². The van der Waals surface area contributed by atoms with Crippen molar-refractivity contribution in [2.45, 2.75) is 26.6 Å². The topological polar surface area (TPSA) is 111 Å². The van der Waals surface area contributed by atoms with Gasteiger partial charge >= 0.3 is 6.18 Å². The summed E-state index contributed by atoms with van der Waals surface area (Å²) in [4.78, 5) is 37.9. The highest BCUT2D eigenvalue weighted by atomic mass is 19.4. The second-order valence-corrected chi connectivity index (χ2v) is 7.53. The quantitative estimate of drug-likeness (QED) is 0.433. The third-order valence-corrected chi connectivity index (χ3v) is 5.34. The molecule has 0 spiro atoms. The number of hydrogen-bond acceptors (Lipinski definition) is 5. The van der Waals surface area contributed by atoms with Crippen molar-refractivity contribution in [1.82, 2.24) is 30.4 Å². The summed E-state index contributed by atoms with van der Waals surface area (Å²) in [7, 11) is 0. The van der Waals surface area contributed by atoms with E-state index in [1.165, 1.54) is 29.9 Å². The van der Waals surface area contributed by atoms with Crippen molar-refractivity contribution in [3.8, 4) is 5.69 Å². The van der Waals surface area contributed by atoms with E-state index in [4.69, 9.17) is 0 Å². The molecule has 0 bridgehead atoms. The predicted octanol–water partition coefficient (Wildman–Crippen LogP) is 3.00. The number of amides is 2. The molecule has 0 fully saturated rings. The second-order valence-electron chi connectivity index (χ2n) is 7.53. The number of nitrogens with zero attached hydrogens (tertiary/aromatic N) is 4. The predicted molar refractivity (Wildman–Crippen MR) is 120 cm³/mol. The Morgan fingerprint density at radius 1 is 1.00 bits per heavy atom. The number of hydrazine groups is 1. The van der Waals surface area contributed by atoms with Gasteiger partial charge in [0.25, 0.3) is 17.4 Å². The van der Waals surface area contributed by atoms with Crippen molar-refractivity contribution in [2.75, 3.05) is 0 Å². The lowest BCUT2D eigenvalue weighted by Crippen LogP contribution is -2.43. The highest BCUT2D eigenvalue weighted by Crippen LogP contribution is 2.30. The summed E-state index contributed by atoms with van der Waals surface area (Å²) in [6.07, 6.45) is -3.35. The highest BCUT2D eigenvalue weighted by molar-refractivity contribution is 6.06. The Balaban J connectivity index is 1.56. The van der Waals surface area contributed by atoms with Crippen LogP contribution in [0.4, 0.5) is 13.2 Å². The standard InChI is InChI=1S/C23H19F3N6O3/c1-3-31-22(35)17-10-5-4-9-16(17)19(30-31)21(34)29-28-20(33)18-12-27-32(13(18)2)15-8-6-7-14(11-15)23(24,25)26/h4-12H,3H2,1-2H3,(H,28,33)(H,29,34). The van der Waals surface area contributed by atoms with Crippen LogP contribution >= 0.6 is 0 Å².